The molecule has 2 fully saturated rings. The van der Waals surface area contributed by atoms with Gasteiger partial charge in [-0.3, -0.25) is 0 Å². The Morgan fingerprint density at radius 2 is 1.52 bits per heavy atom. The van der Waals surface area contributed by atoms with Gasteiger partial charge in [-0.1, -0.05) is 81.4 Å². The van der Waals surface area contributed by atoms with Gasteiger partial charge in [-0.2, -0.15) is 0 Å². The molecule has 2 aliphatic rings. The van der Waals surface area contributed by atoms with E-state index in [4.69, 9.17) is 18.6 Å². The van der Waals surface area contributed by atoms with Crippen LogP contribution in [0.4, 0.5) is 0 Å². The van der Waals surface area contributed by atoms with Gasteiger partial charge in [-0.05, 0) is 21.8 Å². The highest BCUT2D eigenvalue weighted by Crippen LogP contribution is 2.51. The first-order valence-corrected chi connectivity index (χ1v) is 12.9. The Hall–Kier alpha value is -1.54. The van der Waals surface area contributed by atoms with Crippen LogP contribution in [-0.2, 0) is 18.6 Å². The fourth-order valence-corrected chi connectivity index (χ4v) is 10.2. The second-order valence-corrected chi connectivity index (χ2v) is 14.0. The molecule has 4 rings (SSSR count). The molecular weight excluding hydrogens is 408 g/mol. The monoisotopic (exact) mass is 442 g/mol. The lowest BCUT2D eigenvalue weighted by Gasteiger charge is -2.46. The number of hydrogen-bond acceptors (Lipinski definition) is 5. The molecule has 1 N–H and O–H groups in total. The average Bonchev–Trinajstić information content (AvgIpc) is 3.22. The smallest absolute Gasteiger partial charge is 0.261 e. The van der Waals surface area contributed by atoms with E-state index in [-0.39, 0.29) is 23.7 Å². The predicted molar refractivity (Wildman–Crippen MR) is 123 cm³/mol. The maximum absolute atomic E-state index is 11.0. The number of aliphatic hydroxyl groups is 1. The molecule has 2 aromatic carbocycles. The summed E-state index contributed by atoms with van der Waals surface area (Å²) < 4.78 is 24.8. The Kier molecular flexibility index (Phi) is 6.16. The number of methoxy groups -OCH3 is 2. The average molecular weight is 443 g/mol. The van der Waals surface area contributed by atoms with Gasteiger partial charge in [-0.25, -0.2) is 0 Å². The number of fused-ring (bicyclic) bond motifs is 2. The van der Waals surface area contributed by atoms with Crippen LogP contribution >= 0.6 is 0 Å². The highest BCUT2D eigenvalue weighted by molar-refractivity contribution is 6.99. The Balaban J connectivity index is 1.79. The second-order valence-electron chi connectivity index (χ2n) is 9.70. The van der Waals surface area contributed by atoms with E-state index in [1.807, 2.05) is 12.1 Å². The van der Waals surface area contributed by atoms with Crippen LogP contribution in [0.15, 0.2) is 60.7 Å². The van der Waals surface area contributed by atoms with Crippen molar-refractivity contribution in [1.82, 2.24) is 0 Å². The minimum absolute atomic E-state index is 0.00671. The summed E-state index contributed by atoms with van der Waals surface area (Å²) in [6.07, 6.45) is -0.741. The summed E-state index contributed by atoms with van der Waals surface area (Å²) >= 11 is 0. The molecule has 1 saturated carbocycles. The number of hydrogen-bond donors (Lipinski definition) is 1. The second kappa shape index (κ2) is 8.43. The minimum atomic E-state index is -2.75. The van der Waals surface area contributed by atoms with Crippen LogP contribution in [0.3, 0.4) is 0 Å². The first-order valence-electron chi connectivity index (χ1n) is 11.0. The standard InChI is InChI=1S/C25H34O5Si/c1-24(2,3)31(18-12-8-6-9-13-18,19-14-10-7-11-15-19)29-17-25-21(26)16-20(22(25)27-4)23(28-5)30-25/h6-15,20-23,26H,16-17H2,1-5H3/t20-,21?,22+,23?,25+/m1/s1. The summed E-state index contributed by atoms with van der Waals surface area (Å²) in [6.45, 7) is 6.97. The third-order valence-corrected chi connectivity index (χ3v) is 12.0. The molecule has 1 heterocycles. The van der Waals surface area contributed by atoms with Gasteiger partial charge in [0.25, 0.3) is 8.32 Å². The van der Waals surface area contributed by atoms with Gasteiger partial charge in [0.05, 0.1) is 18.8 Å². The highest BCUT2D eigenvalue weighted by Gasteiger charge is 2.67. The molecule has 2 aromatic rings. The first kappa shape index (κ1) is 22.6. The SMILES string of the molecule is COC1O[C@@]2(CO[Si](c3ccccc3)(c3ccccc3)C(C)(C)C)C(O)C[C@@H]1[C@@H]2OC. The Morgan fingerprint density at radius 3 is 1.97 bits per heavy atom. The largest absolute Gasteiger partial charge is 0.404 e. The molecule has 1 aliphatic heterocycles. The van der Waals surface area contributed by atoms with Gasteiger partial charge in [0.1, 0.15) is 5.60 Å². The van der Waals surface area contributed by atoms with Crippen molar-refractivity contribution >= 4 is 18.7 Å². The third kappa shape index (κ3) is 3.50. The van der Waals surface area contributed by atoms with Gasteiger partial charge in [0.2, 0.25) is 0 Å². The van der Waals surface area contributed by atoms with Crippen LogP contribution < -0.4 is 10.4 Å². The lowest BCUT2D eigenvalue weighted by atomic mass is 9.99. The molecule has 2 unspecified atom stereocenters. The summed E-state index contributed by atoms with van der Waals surface area (Å²) in [7, 11) is 0.562. The normalized spacial score (nSPS) is 30.6. The fraction of sp³-hybridized carbons (Fsp3) is 0.520. The minimum Gasteiger partial charge on any atom is -0.404 e. The van der Waals surface area contributed by atoms with Crippen molar-refractivity contribution in [3.8, 4) is 0 Å². The Labute approximate surface area is 186 Å². The van der Waals surface area contributed by atoms with Gasteiger partial charge in [-0.15, -0.1) is 0 Å². The van der Waals surface area contributed by atoms with Gasteiger partial charge < -0.3 is 23.7 Å². The van der Waals surface area contributed by atoms with E-state index in [2.05, 4.69) is 69.3 Å². The number of ether oxygens (including phenoxy) is 3. The van der Waals surface area contributed by atoms with Crippen LogP contribution in [0.5, 0.6) is 0 Å². The Bertz CT molecular complexity index is 829. The highest BCUT2D eigenvalue weighted by atomic mass is 28.4. The van der Waals surface area contributed by atoms with Crippen LogP contribution in [0.25, 0.3) is 0 Å². The maximum Gasteiger partial charge on any atom is 0.261 e. The molecule has 2 bridgehead atoms. The summed E-state index contributed by atoms with van der Waals surface area (Å²) in [5.74, 6) is -0.00671. The van der Waals surface area contributed by atoms with Gasteiger partial charge in [0.15, 0.2) is 6.29 Å². The summed E-state index contributed by atoms with van der Waals surface area (Å²) in [4.78, 5) is 0. The van der Waals surface area contributed by atoms with Crippen molar-refractivity contribution in [2.45, 2.75) is 56.3 Å². The molecule has 6 heteroatoms. The van der Waals surface area contributed by atoms with Crippen molar-refractivity contribution in [1.29, 1.82) is 0 Å². The van der Waals surface area contributed by atoms with Crippen molar-refractivity contribution in [3.05, 3.63) is 60.7 Å². The molecule has 5 atom stereocenters. The molecule has 1 aliphatic carbocycles. The van der Waals surface area contributed by atoms with E-state index in [0.29, 0.717) is 6.42 Å². The Morgan fingerprint density at radius 1 is 0.968 bits per heavy atom. The zero-order valence-corrected chi connectivity index (χ0v) is 20.1. The fourth-order valence-electron chi connectivity index (χ4n) is 5.63. The molecule has 0 radical (unpaired) electrons. The molecule has 0 aromatic heterocycles. The van der Waals surface area contributed by atoms with Crippen molar-refractivity contribution in [2.24, 2.45) is 5.92 Å². The van der Waals surface area contributed by atoms with E-state index in [1.165, 1.54) is 10.4 Å². The molecule has 1 saturated heterocycles. The van der Waals surface area contributed by atoms with E-state index in [9.17, 15) is 5.11 Å². The quantitative estimate of drug-likeness (QED) is 0.668. The summed E-state index contributed by atoms with van der Waals surface area (Å²) in [6, 6.07) is 21.0. The number of benzene rings is 2. The van der Waals surface area contributed by atoms with E-state index < -0.39 is 26.3 Å². The van der Waals surface area contributed by atoms with Crippen LogP contribution in [0.2, 0.25) is 5.04 Å². The molecular formula is C25H34O5Si. The van der Waals surface area contributed by atoms with Gasteiger partial charge in [0, 0.05) is 20.1 Å². The van der Waals surface area contributed by atoms with E-state index in [0.717, 1.165) is 0 Å². The summed E-state index contributed by atoms with van der Waals surface area (Å²) in [5.41, 5.74) is -0.937. The lowest BCUT2D eigenvalue weighted by molar-refractivity contribution is -0.234. The summed E-state index contributed by atoms with van der Waals surface area (Å²) in [5, 5.41) is 13.2. The van der Waals surface area contributed by atoms with Crippen molar-refractivity contribution in [2.75, 3.05) is 20.8 Å². The lowest BCUT2D eigenvalue weighted by Crippen LogP contribution is -2.68. The molecule has 31 heavy (non-hydrogen) atoms. The first-order chi connectivity index (χ1) is 14.8. The van der Waals surface area contributed by atoms with Crippen molar-refractivity contribution in [3.63, 3.8) is 0 Å². The molecule has 168 valence electrons. The topological polar surface area (TPSA) is 57.2 Å². The molecule has 0 amide bonds. The zero-order chi connectivity index (χ0) is 22.3. The molecule has 0 spiro atoms. The van der Waals surface area contributed by atoms with Crippen LogP contribution in [0.1, 0.15) is 27.2 Å². The molecule has 5 nitrogen and oxygen atoms in total. The number of aliphatic hydroxyl groups excluding tert-OH is 1. The van der Waals surface area contributed by atoms with Crippen LogP contribution in [-0.4, -0.2) is 58.3 Å². The maximum atomic E-state index is 11.0. The predicted octanol–water partition coefficient (Wildman–Crippen LogP) is 2.70. The zero-order valence-electron chi connectivity index (χ0n) is 19.1. The van der Waals surface area contributed by atoms with E-state index >= 15 is 0 Å². The van der Waals surface area contributed by atoms with Crippen LogP contribution in [0, 0.1) is 5.92 Å². The number of rotatable bonds is 7. The third-order valence-electron chi connectivity index (χ3n) is 7.03. The van der Waals surface area contributed by atoms with Crippen molar-refractivity contribution < 1.29 is 23.7 Å². The van der Waals surface area contributed by atoms with E-state index in [1.54, 1.807) is 14.2 Å². The van der Waals surface area contributed by atoms with Gasteiger partial charge >= 0.3 is 0 Å².